The van der Waals surface area contributed by atoms with Crippen molar-refractivity contribution in [1.82, 2.24) is 4.90 Å². The molecule has 0 saturated carbocycles. The molecule has 2 fully saturated rings. The molecule has 158 valence electrons. The summed E-state index contributed by atoms with van der Waals surface area (Å²) in [5, 5.41) is 0. The molecule has 3 amide bonds. The van der Waals surface area contributed by atoms with Crippen LogP contribution >= 0.6 is 0 Å². The molecule has 2 aromatic carbocycles. The molecule has 0 spiro atoms. The van der Waals surface area contributed by atoms with Gasteiger partial charge in [0.25, 0.3) is 0 Å². The van der Waals surface area contributed by atoms with E-state index in [1.807, 2.05) is 18.2 Å². The van der Waals surface area contributed by atoms with Crippen LogP contribution in [-0.2, 0) is 20.6 Å². The van der Waals surface area contributed by atoms with Crippen LogP contribution in [0.15, 0.2) is 54.7 Å². The molecular formula is C22H16F3N3O3. The number of primary amides is 1. The summed E-state index contributed by atoms with van der Waals surface area (Å²) in [4.78, 5) is 41.4. The Morgan fingerprint density at radius 1 is 0.968 bits per heavy atom. The third kappa shape index (κ3) is 2.69. The molecule has 2 N–H and O–H groups in total. The fraction of sp³-hybridized carbons (Fsp3) is 0.227. The Labute approximate surface area is 174 Å². The van der Waals surface area contributed by atoms with Crippen molar-refractivity contribution in [3.63, 3.8) is 0 Å². The van der Waals surface area contributed by atoms with Gasteiger partial charge in [0.15, 0.2) is 0 Å². The molecule has 0 bridgehead atoms. The van der Waals surface area contributed by atoms with Gasteiger partial charge in [-0.3, -0.25) is 14.4 Å². The third-order valence-electron chi connectivity index (χ3n) is 6.18. The van der Waals surface area contributed by atoms with E-state index in [0.29, 0.717) is 0 Å². The number of fused-ring (bicyclic) bond motifs is 5. The maximum atomic E-state index is 13.4. The standard InChI is InChI=1S/C22H16F3N3O3/c23-22(24,25)12-5-3-6-13(10-12)28-20(30)15-16(21(28)31)18(19(26)29)27-9-8-11-4-1-2-7-14(11)17(15)27/h1-10,15-18H,(H2,26,29)/t15-,16-,17+,18+/m1/s1. The molecule has 2 saturated heterocycles. The highest BCUT2D eigenvalue weighted by molar-refractivity contribution is 6.24. The van der Waals surface area contributed by atoms with E-state index >= 15 is 0 Å². The summed E-state index contributed by atoms with van der Waals surface area (Å²) in [7, 11) is 0. The summed E-state index contributed by atoms with van der Waals surface area (Å²) in [5.74, 6) is -4.16. The first-order valence-corrected chi connectivity index (χ1v) is 9.59. The first kappa shape index (κ1) is 19.3. The zero-order chi connectivity index (χ0) is 22.1. The van der Waals surface area contributed by atoms with Gasteiger partial charge >= 0.3 is 6.18 Å². The highest BCUT2D eigenvalue weighted by atomic mass is 19.4. The Balaban J connectivity index is 1.62. The van der Waals surface area contributed by atoms with Gasteiger partial charge in [0.05, 0.1) is 29.1 Å². The predicted molar refractivity (Wildman–Crippen MR) is 104 cm³/mol. The SMILES string of the molecule is NC(=O)[C@@H]1[C@@H]2C(=O)N(c3cccc(C(F)(F)F)c3)C(=O)[C@H]2[C@@H]2c3ccccc3C=CN12. The molecule has 4 atom stereocenters. The van der Waals surface area contributed by atoms with Crippen molar-refractivity contribution in [2.45, 2.75) is 18.3 Å². The van der Waals surface area contributed by atoms with Gasteiger partial charge in [-0.15, -0.1) is 0 Å². The van der Waals surface area contributed by atoms with E-state index in [4.69, 9.17) is 5.73 Å². The number of carbonyl (C=O) groups is 3. The lowest BCUT2D eigenvalue weighted by Gasteiger charge is -2.34. The lowest BCUT2D eigenvalue weighted by molar-refractivity contribution is -0.137. The molecule has 0 aliphatic carbocycles. The zero-order valence-corrected chi connectivity index (χ0v) is 15.9. The van der Waals surface area contributed by atoms with E-state index in [1.54, 1.807) is 23.2 Å². The Hall–Kier alpha value is -3.62. The quantitative estimate of drug-likeness (QED) is 0.747. The maximum Gasteiger partial charge on any atom is 0.416 e. The van der Waals surface area contributed by atoms with E-state index in [0.717, 1.165) is 34.2 Å². The lowest BCUT2D eigenvalue weighted by atomic mass is 9.84. The number of anilines is 1. The molecular weight excluding hydrogens is 411 g/mol. The average molecular weight is 427 g/mol. The third-order valence-corrected chi connectivity index (χ3v) is 6.18. The number of carbonyl (C=O) groups excluding carboxylic acids is 3. The summed E-state index contributed by atoms with van der Waals surface area (Å²) >= 11 is 0. The van der Waals surface area contributed by atoms with Crippen LogP contribution in [0, 0.1) is 11.8 Å². The van der Waals surface area contributed by atoms with Crippen molar-refractivity contribution in [1.29, 1.82) is 0 Å². The molecule has 6 nitrogen and oxygen atoms in total. The summed E-state index contributed by atoms with van der Waals surface area (Å²) in [6, 6.07) is 9.63. The number of hydrogen-bond donors (Lipinski definition) is 1. The Kier molecular flexibility index (Phi) is 4.02. The number of rotatable bonds is 2. The number of benzene rings is 2. The molecule has 0 unspecified atom stereocenters. The van der Waals surface area contributed by atoms with Crippen LogP contribution < -0.4 is 10.6 Å². The summed E-state index contributed by atoms with van der Waals surface area (Å²) in [6.45, 7) is 0. The van der Waals surface area contributed by atoms with E-state index in [-0.39, 0.29) is 5.69 Å². The van der Waals surface area contributed by atoms with E-state index in [2.05, 4.69) is 0 Å². The van der Waals surface area contributed by atoms with Gasteiger partial charge in [-0.1, -0.05) is 30.3 Å². The van der Waals surface area contributed by atoms with Crippen molar-refractivity contribution in [3.8, 4) is 0 Å². The average Bonchev–Trinajstić information content (AvgIpc) is 3.20. The highest BCUT2D eigenvalue weighted by Crippen LogP contribution is 2.53. The van der Waals surface area contributed by atoms with E-state index in [9.17, 15) is 27.6 Å². The van der Waals surface area contributed by atoms with Gasteiger partial charge in [-0.25, -0.2) is 4.90 Å². The van der Waals surface area contributed by atoms with Crippen molar-refractivity contribution in [2.24, 2.45) is 17.6 Å². The van der Waals surface area contributed by atoms with Crippen molar-refractivity contribution < 1.29 is 27.6 Å². The van der Waals surface area contributed by atoms with Gasteiger partial charge in [0, 0.05) is 6.20 Å². The van der Waals surface area contributed by atoms with Crippen LogP contribution in [0.1, 0.15) is 22.7 Å². The van der Waals surface area contributed by atoms with Crippen molar-refractivity contribution in [3.05, 3.63) is 71.4 Å². The molecule has 3 aliphatic rings. The summed E-state index contributed by atoms with van der Waals surface area (Å²) in [5.41, 5.74) is 6.06. The minimum atomic E-state index is -4.63. The second-order valence-corrected chi connectivity index (χ2v) is 7.80. The van der Waals surface area contributed by atoms with Gasteiger partial charge < -0.3 is 10.6 Å². The Morgan fingerprint density at radius 3 is 2.39 bits per heavy atom. The fourth-order valence-corrected chi connectivity index (χ4v) is 4.96. The van der Waals surface area contributed by atoms with Crippen LogP contribution in [0.5, 0.6) is 0 Å². The molecule has 2 aromatic rings. The van der Waals surface area contributed by atoms with Crippen LogP contribution in [0.4, 0.5) is 18.9 Å². The van der Waals surface area contributed by atoms with Crippen LogP contribution in [0.2, 0.25) is 0 Å². The second kappa shape index (κ2) is 6.44. The topological polar surface area (TPSA) is 83.7 Å². The molecule has 31 heavy (non-hydrogen) atoms. The first-order chi connectivity index (χ1) is 14.7. The summed E-state index contributed by atoms with van der Waals surface area (Å²) in [6.07, 6.45) is -1.20. The molecule has 9 heteroatoms. The largest absolute Gasteiger partial charge is 0.416 e. The smallest absolute Gasteiger partial charge is 0.368 e. The normalized spacial score (nSPS) is 26.7. The monoisotopic (exact) mass is 427 g/mol. The number of nitrogens with two attached hydrogens (primary N) is 1. The molecule has 3 heterocycles. The van der Waals surface area contributed by atoms with Crippen molar-refractivity contribution in [2.75, 3.05) is 4.90 Å². The lowest BCUT2D eigenvalue weighted by Crippen LogP contribution is -2.46. The summed E-state index contributed by atoms with van der Waals surface area (Å²) < 4.78 is 39.5. The highest BCUT2D eigenvalue weighted by Gasteiger charge is 2.64. The number of amides is 3. The Morgan fingerprint density at radius 2 is 1.68 bits per heavy atom. The predicted octanol–water partition coefficient (Wildman–Crippen LogP) is 2.71. The Bertz CT molecular complexity index is 1160. The van der Waals surface area contributed by atoms with Gasteiger partial charge in [-0.05, 0) is 35.4 Å². The van der Waals surface area contributed by atoms with Gasteiger partial charge in [-0.2, -0.15) is 13.2 Å². The number of nitrogens with zero attached hydrogens (tertiary/aromatic N) is 2. The number of imide groups is 1. The zero-order valence-electron chi connectivity index (χ0n) is 15.9. The molecule has 3 aliphatic heterocycles. The van der Waals surface area contributed by atoms with Crippen LogP contribution in [-0.4, -0.2) is 28.7 Å². The number of hydrogen-bond acceptors (Lipinski definition) is 4. The molecule has 0 aromatic heterocycles. The van der Waals surface area contributed by atoms with Crippen LogP contribution in [0.3, 0.4) is 0 Å². The minimum absolute atomic E-state index is 0.173. The minimum Gasteiger partial charge on any atom is -0.368 e. The van der Waals surface area contributed by atoms with Gasteiger partial charge in [0.2, 0.25) is 17.7 Å². The second-order valence-electron chi connectivity index (χ2n) is 7.80. The number of alkyl halides is 3. The fourth-order valence-electron chi connectivity index (χ4n) is 4.96. The molecule has 0 radical (unpaired) electrons. The van der Waals surface area contributed by atoms with E-state index < -0.39 is 53.4 Å². The molecule has 5 rings (SSSR count). The van der Waals surface area contributed by atoms with Gasteiger partial charge in [0.1, 0.15) is 6.04 Å². The first-order valence-electron chi connectivity index (χ1n) is 9.59. The maximum absolute atomic E-state index is 13.4. The van der Waals surface area contributed by atoms with Crippen LogP contribution in [0.25, 0.3) is 6.08 Å². The van der Waals surface area contributed by atoms with Crippen molar-refractivity contribution >= 4 is 29.5 Å². The van der Waals surface area contributed by atoms with E-state index in [1.165, 1.54) is 6.07 Å². The number of halogens is 3.